The first kappa shape index (κ1) is 12.1. The second-order valence-electron chi connectivity index (χ2n) is 3.21. The van der Waals surface area contributed by atoms with Crippen LogP contribution in [-0.4, -0.2) is 29.1 Å². The van der Waals surface area contributed by atoms with Crippen molar-refractivity contribution in [3.8, 4) is 0 Å². The fourth-order valence-electron chi connectivity index (χ4n) is 1.12. The average Bonchev–Trinajstić information content (AvgIpc) is 2.67. The van der Waals surface area contributed by atoms with E-state index in [0.29, 0.717) is 18.7 Å². The molecule has 0 aliphatic heterocycles. The summed E-state index contributed by atoms with van der Waals surface area (Å²) in [6.45, 7) is 2.68. The molecule has 4 nitrogen and oxygen atoms in total. The maximum atomic E-state index is 11.5. The highest BCUT2D eigenvalue weighted by Crippen LogP contribution is 2.11. The maximum Gasteiger partial charge on any atom is 0.270 e. The number of nitrogens with one attached hydrogen (secondary N) is 1. The molecule has 0 fully saturated rings. The Labute approximate surface area is 93.4 Å². The molecule has 0 aliphatic rings. The second-order valence-corrected chi connectivity index (χ2v) is 4.15. The summed E-state index contributed by atoms with van der Waals surface area (Å²) < 4.78 is 0. The van der Waals surface area contributed by atoms with Crippen molar-refractivity contribution < 1.29 is 9.90 Å². The van der Waals surface area contributed by atoms with Crippen molar-refractivity contribution in [2.75, 3.05) is 13.2 Å². The van der Waals surface area contributed by atoms with Crippen LogP contribution in [0.25, 0.3) is 0 Å². The lowest BCUT2D eigenvalue weighted by Crippen LogP contribution is -2.25. The van der Waals surface area contributed by atoms with Crippen LogP contribution in [0.4, 0.5) is 0 Å². The quantitative estimate of drug-likeness (QED) is 0.719. The lowest BCUT2D eigenvalue weighted by atomic mass is 10.3. The summed E-state index contributed by atoms with van der Waals surface area (Å²) in [5.41, 5.74) is 0.487. The van der Waals surface area contributed by atoms with E-state index in [1.165, 1.54) is 11.3 Å². The minimum absolute atomic E-state index is 0.0957. The number of nitrogens with zero attached hydrogens (tertiary/aromatic N) is 1. The zero-order chi connectivity index (χ0) is 11.1. The minimum atomic E-state index is -0.151. The zero-order valence-electron chi connectivity index (χ0n) is 8.82. The highest BCUT2D eigenvalue weighted by atomic mass is 32.1. The number of aliphatic hydroxyl groups is 1. The molecule has 5 heteroatoms. The average molecular weight is 228 g/mol. The summed E-state index contributed by atoms with van der Waals surface area (Å²) in [7, 11) is 0. The Morgan fingerprint density at radius 1 is 1.67 bits per heavy atom. The fraction of sp³-hybridized carbons (Fsp3) is 0.600. The Bertz CT molecular complexity index is 312. The first-order chi connectivity index (χ1) is 7.27. The molecule has 2 N–H and O–H groups in total. The van der Waals surface area contributed by atoms with Crippen LogP contribution in [0.2, 0.25) is 0 Å². The molecule has 1 aromatic heterocycles. The number of hydrogen-bond donors (Lipinski definition) is 2. The smallest absolute Gasteiger partial charge is 0.270 e. The van der Waals surface area contributed by atoms with Gasteiger partial charge in [-0.05, 0) is 19.3 Å². The standard InChI is InChI=1S/C10H16N2O2S/c1-2-4-9-12-8(7-15-9)10(14)11-5-3-6-13/h7,13H,2-6H2,1H3,(H,11,14). The summed E-state index contributed by atoms with van der Waals surface area (Å²) in [6.07, 6.45) is 2.55. The summed E-state index contributed by atoms with van der Waals surface area (Å²) in [5.74, 6) is -0.151. The molecule has 0 saturated heterocycles. The second kappa shape index (κ2) is 6.53. The molecule has 1 amide bonds. The number of aromatic nitrogens is 1. The molecule has 0 radical (unpaired) electrons. The molecule has 0 saturated carbocycles. The third-order valence-corrected chi connectivity index (χ3v) is 2.78. The molecule has 1 rings (SSSR count). The molecule has 1 heterocycles. The largest absolute Gasteiger partial charge is 0.396 e. The monoisotopic (exact) mass is 228 g/mol. The lowest BCUT2D eigenvalue weighted by Gasteiger charge is -2.00. The summed E-state index contributed by atoms with van der Waals surface area (Å²) in [5, 5.41) is 14.0. The van der Waals surface area contributed by atoms with Crippen LogP contribution in [0.5, 0.6) is 0 Å². The highest BCUT2D eigenvalue weighted by molar-refractivity contribution is 7.09. The van der Waals surface area contributed by atoms with Gasteiger partial charge in [-0.15, -0.1) is 11.3 Å². The molecule has 0 aromatic carbocycles. The van der Waals surface area contributed by atoms with Gasteiger partial charge in [-0.1, -0.05) is 6.92 Å². The normalized spacial score (nSPS) is 10.3. The van der Waals surface area contributed by atoms with Gasteiger partial charge in [0.05, 0.1) is 5.01 Å². The van der Waals surface area contributed by atoms with E-state index in [2.05, 4.69) is 17.2 Å². The first-order valence-electron chi connectivity index (χ1n) is 5.11. The van der Waals surface area contributed by atoms with Gasteiger partial charge in [0.2, 0.25) is 0 Å². The van der Waals surface area contributed by atoms with Gasteiger partial charge in [0.1, 0.15) is 5.69 Å². The van der Waals surface area contributed by atoms with Gasteiger partial charge in [0, 0.05) is 18.5 Å². The molecule has 0 atom stereocenters. The van der Waals surface area contributed by atoms with E-state index in [4.69, 9.17) is 5.11 Å². The van der Waals surface area contributed by atoms with Crippen molar-refractivity contribution in [3.05, 3.63) is 16.1 Å². The van der Waals surface area contributed by atoms with E-state index < -0.39 is 0 Å². The Morgan fingerprint density at radius 2 is 2.47 bits per heavy atom. The zero-order valence-corrected chi connectivity index (χ0v) is 9.64. The minimum Gasteiger partial charge on any atom is -0.396 e. The number of hydrogen-bond acceptors (Lipinski definition) is 4. The Morgan fingerprint density at radius 3 is 3.13 bits per heavy atom. The van der Waals surface area contributed by atoms with Crippen molar-refractivity contribution in [3.63, 3.8) is 0 Å². The predicted octanol–water partition coefficient (Wildman–Crippen LogP) is 1.21. The van der Waals surface area contributed by atoms with Crippen LogP contribution in [0, 0.1) is 0 Å². The van der Waals surface area contributed by atoms with Crippen molar-refractivity contribution >= 4 is 17.2 Å². The van der Waals surface area contributed by atoms with Crippen LogP contribution in [0.3, 0.4) is 0 Å². The molecular formula is C10H16N2O2S. The molecule has 0 unspecified atom stereocenters. The van der Waals surface area contributed by atoms with Crippen LogP contribution < -0.4 is 5.32 Å². The van der Waals surface area contributed by atoms with Gasteiger partial charge in [0.15, 0.2) is 0 Å². The van der Waals surface area contributed by atoms with Crippen molar-refractivity contribution in [2.45, 2.75) is 26.2 Å². The summed E-state index contributed by atoms with van der Waals surface area (Å²) in [6, 6.07) is 0. The Kier molecular flexibility index (Phi) is 5.28. The van der Waals surface area contributed by atoms with Gasteiger partial charge < -0.3 is 10.4 Å². The number of thiazole rings is 1. The predicted molar refractivity (Wildman–Crippen MR) is 60.1 cm³/mol. The number of amides is 1. The first-order valence-corrected chi connectivity index (χ1v) is 5.99. The molecule has 0 spiro atoms. The van der Waals surface area contributed by atoms with Crippen LogP contribution in [-0.2, 0) is 6.42 Å². The summed E-state index contributed by atoms with van der Waals surface area (Å²) in [4.78, 5) is 15.7. The molecule has 84 valence electrons. The number of carbonyl (C=O) groups is 1. The Balaban J connectivity index is 2.43. The third-order valence-electron chi connectivity index (χ3n) is 1.87. The van der Waals surface area contributed by atoms with Gasteiger partial charge in [-0.2, -0.15) is 0 Å². The van der Waals surface area contributed by atoms with E-state index in [9.17, 15) is 4.79 Å². The van der Waals surface area contributed by atoms with Crippen molar-refractivity contribution in [1.82, 2.24) is 10.3 Å². The maximum absolute atomic E-state index is 11.5. The summed E-state index contributed by atoms with van der Waals surface area (Å²) >= 11 is 1.52. The Hall–Kier alpha value is -0.940. The van der Waals surface area contributed by atoms with Crippen LogP contribution in [0.1, 0.15) is 35.3 Å². The van der Waals surface area contributed by atoms with E-state index in [-0.39, 0.29) is 12.5 Å². The van der Waals surface area contributed by atoms with E-state index in [0.717, 1.165) is 17.8 Å². The molecule has 15 heavy (non-hydrogen) atoms. The van der Waals surface area contributed by atoms with Gasteiger partial charge in [-0.25, -0.2) is 4.98 Å². The van der Waals surface area contributed by atoms with Crippen LogP contribution in [0.15, 0.2) is 5.38 Å². The van der Waals surface area contributed by atoms with Crippen molar-refractivity contribution in [1.29, 1.82) is 0 Å². The number of aliphatic hydroxyl groups excluding tert-OH is 1. The van der Waals surface area contributed by atoms with Crippen molar-refractivity contribution in [2.24, 2.45) is 0 Å². The molecule has 1 aromatic rings. The SMILES string of the molecule is CCCc1nc(C(=O)NCCCO)cs1. The van der Waals surface area contributed by atoms with Crippen LogP contribution >= 0.6 is 11.3 Å². The molecule has 0 bridgehead atoms. The highest BCUT2D eigenvalue weighted by Gasteiger charge is 2.09. The van der Waals surface area contributed by atoms with Gasteiger partial charge >= 0.3 is 0 Å². The van der Waals surface area contributed by atoms with E-state index >= 15 is 0 Å². The van der Waals surface area contributed by atoms with E-state index in [1.54, 1.807) is 5.38 Å². The topological polar surface area (TPSA) is 62.2 Å². The molecular weight excluding hydrogens is 212 g/mol. The third kappa shape index (κ3) is 3.97. The number of carbonyl (C=O) groups excluding carboxylic acids is 1. The molecule has 0 aliphatic carbocycles. The van der Waals surface area contributed by atoms with E-state index in [1.807, 2.05) is 0 Å². The van der Waals surface area contributed by atoms with Gasteiger partial charge in [0.25, 0.3) is 5.91 Å². The van der Waals surface area contributed by atoms with Gasteiger partial charge in [-0.3, -0.25) is 4.79 Å². The lowest BCUT2D eigenvalue weighted by molar-refractivity contribution is 0.0946. The number of rotatable bonds is 6. The fourth-order valence-corrected chi connectivity index (χ4v) is 2.00. The number of aryl methyl sites for hydroxylation is 1.